The van der Waals surface area contributed by atoms with Crippen molar-refractivity contribution in [2.24, 2.45) is 0 Å². The number of hydrogen-bond donors (Lipinski definition) is 0. The van der Waals surface area contributed by atoms with Crippen molar-refractivity contribution in [3.05, 3.63) is 63.6 Å². The summed E-state index contributed by atoms with van der Waals surface area (Å²) in [6, 6.07) is 13.1. The largest absolute Gasteiger partial charge is 0.490 e. The van der Waals surface area contributed by atoms with Crippen LogP contribution < -0.4 is 4.74 Å². The summed E-state index contributed by atoms with van der Waals surface area (Å²) in [6.07, 6.45) is 2.65. The zero-order valence-corrected chi connectivity index (χ0v) is 12.8. The highest BCUT2D eigenvalue weighted by Gasteiger charge is 2.23. The predicted molar refractivity (Wildman–Crippen MR) is 82.4 cm³/mol. The van der Waals surface area contributed by atoms with Crippen LogP contribution in [0.3, 0.4) is 0 Å². The van der Waals surface area contributed by atoms with Gasteiger partial charge < -0.3 is 4.74 Å². The van der Waals surface area contributed by atoms with Gasteiger partial charge in [-0.2, -0.15) is 0 Å². The van der Waals surface area contributed by atoms with Gasteiger partial charge >= 0.3 is 0 Å². The van der Waals surface area contributed by atoms with Crippen molar-refractivity contribution in [2.45, 2.75) is 25.9 Å². The summed E-state index contributed by atoms with van der Waals surface area (Å²) < 4.78 is 6.61. The van der Waals surface area contributed by atoms with Crippen molar-refractivity contribution in [3.63, 3.8) is 0 Å². The molecule has 0 atom stereocenters. The summed E-state index contributed by atoms with van der Waals surface area (Å²) in [5.41, 5.74) is 2.45. The molecule has 0 radical (unpaired) electrons. The van der Waals surface area contributed by atoms with Gasteiger partial charge in [0.1, 0.15) is 5.75 Å². The van der Waals surface area contributed by atoms with Crippen LogP contribution in [0.25, 0.3) is 0 Å². The first-order valence-electron chi connectivity index (χ1n) is 6.70. The molecule has 20 heavy (non-hydrogen) atoms. The molecular formula is C17H15BrO2. The van der Waals surface area contributed by atoms with Gasteiger partial charge in [-0.05, 0) is 67.8 Å². The molecule has 1 fully saturated rings. The Hall–Kier alpha value is -1.61. The molecule has 0 saturated heterocycles. The molecule has 0 bridgehead atoms. The molecule has 0 unspecified atom stereocenters. The second-order valence-electron chi connectivity index (χ2n) is 5.19. The van der Waals surface area contributed by atoms with Gasteiger partial charge in [0.2, 0.25) is 0 Å². The quantitative estimate of drug-likeness (QED) is 0.770. The van der Waals surface area contributed by atoms with E-state index in [0.29, 0.717) is 17.2 Å². The van der Waals surface area contributed by atoms with Crippen LogP contribution in [0.1, 0.15) is 34.3 Å². The van der Waals surface area contributed by atoms with Crippen molar-refractivity contribution in [1.29, 1.82) is 0 Å². The van der Waals surface area contributed by atoms with Crippen molar-refractivity contribution < 1.29 is 9.53 Å². The maximum Gasteiger partial charge on any atom is 0.193 e. The molecule has 2 nitrogen and oxygen atoms in total. The number of carbonyl (C=O) groups excluding carboxylic acids is 1. The topological polar surface area (TPSA) is 26.3 Å². The highest BCUT2D eigenvalue weighted by Crippen LogP contribution is 2.27. The summed E-state index contributed by atoms with van der Waals surface area (Å²) in [4.78, 5) is 12.4. The van der Waals surface area contributed by atoms with Crippen molar-refractivity contribution in [1.82, 2.24) is 0 Å². The molecule has 0 aliphatic heterocycles. The Morgan fingerprint density at radius 2 is 1.80 bits per heavy atom. The average Bonchev–Trinajstić information content (AvgIpc) is 3.22. The standard InChI is InChI=1S/C17H15BrO2/c1-11-8-13(10-14(18)9-11)17(19)12-2-4-15(5-3-12)20-16-6-7-16/h2-5,8-10,16H,6-7H2,1H3. The molecule has 102 valence electrons. The molecule has 1 aliphatic rings. The Labute approximate surface area is 126 Å². The highest BCUT2D eigenvalue weighted by molar-refractivity contribution is 9.10. The Morgan fingerprint density at radius 1 is 1.10 bits per heavy atom. The van der Waals surface area contributed by atoms with Gasteiger partial charge in [0.05, 0.1) is 6.10 Å². The molecule has 0 aromatic heterocycles. The van der Waals surface area contributed by atoms with Crippen LogP contribution in [0.2, 0.25) is 0 Å². The zero-order chi connectivity index (χ0) is 14.1. The predicted octanol–water partition coefficient (Wildman–Crippen LogP) is 4.53. The van der Waals surface area contributed by atoms with Gasteiger partial charge in [-0.25, -0.2) is 0 Å². The van der Waals surface area contributed by atoms with Gasteiger partial charge in [0, 0.05) is 15.6 Å². The second kappa shape index (κ2) is 5.41. The molecule has 3 rings (SSSR count). The van der Waals surface area contributed by atoms with Crippen LogP contribution in [0.4, 0.5) is 0 Å². The highest BCUT2D eigenvalue weighted by atomic mass is 79.9. The van der Waals surface area contributed by atoms with Crippen LogP contribution in [0.5, 0.6) is 5.75 Å². The van der Waals surface area contributed by atoms with Crippen molar-refractivity contribution in [3.8, 4) is 5.75 Å². The smallest absolute Gasteiger partial charge is 0.193 e. The Bertz CT molecular complexity index is 622. The lowest BCUT2D eigenvalue weighted by atomic mass is 10.0. The number of hydrogen-bond acceptors (Lipinski definition) is 2. The third kappa shape index (κ3) is 3.10. The van der Waals surface area contributed by atoms with E-state index in [0.717, 1.165) is 28.6 Å². The van der Waals surface area contributed by atoms with Gasteiger partial charge in [-0.1, -0.05) is 15.9 Å². The van der Waals surface area contributed by atoms with E-state index in [1.807, 2.05) is 49.4 Å². The molecule has 0 N–H and O–H groups in total. The number of benzene rings is 2. The summed E-state index contributed by atoms with van der Waals surface area (Å²) in [6.45, 7) is 1.98. The third-order valence-electron chi connectivity index (χ3n) is 3.25. The van der Waals surface area contributed by atoms with E-state index < -0.39 is 0 Å². The first-order chi connectivity index (χ1) is 9.61. The minimum Gasteiger partial charge on any atom is -0.490 e. The molecular weight excluding hydrogens is 316 g/mol. The van der Waals surface area contributed by atoms with Crippen LogP contribution in [-0.2, 0) is 0 Å². The summed E-state index contributed by atoms with van der Waals surface area (Å²) in [7, 11) is 0. The lowest BCUT2D eigenvalue weighted by Gasteiger charge is -2.06. The number of carbonyl (C=O) groups is 1. The van der Waals surface area contributed by atoms with E-state index in [1.54, 1.807) is 0 Å². The summed E-state index contributed by atoms with van der Waals surface area (Å²) in [5.74, 6) is 0.877. The fourth-order valence-corrected chi connectivity index (χ4v) is 2.71. The molecule has 0 amide bonds. The van der Waals surface area contributed by atoms with E-state index in [2.05, 4.69) is 15.9 Å². The molecule has 0 spiro atoms. The van der Waals surface area contributed by atoms with Crippen molar-refractivity contribution >= 4 is 21.7 Å². The lowest BCUT2D eigenvalue weighted by Crippen LogP contribution is -2.02. The van der Waals surface area contributed by atoms with Gasteiger partial charge in [-0.3, -0.25) is 4.79 Å². The van der Waals surface area contributed by atoms with E-state index in [1.165, 1.54) is 0 Å². The van der Waals surface area contributed by atoms with Crippen molar-refractivity contribution in [2.75, 3.05) is 0 Å². The van der Waals surface area contributed by atoms with Gasteiger partial charge in [-0.15, -0.1) is 0 Å². The second-order valence-corrected chi connectivity index (χ2v) is 6.10. The van der Waals surface area contributed by atoms with E-state index >= 15 is 0 Å². The molecule has 1 saturated carbocycles. The van der Waals surface area contributed by atoms with Gasteiger partial charge in [0.25, 0.3) is 0 Å². The summed E-state index contributed by atoms with van der Waals surface area (Å²) in [5, 5.41) is 0. The fraction of sp³-hybridized carbons (Fsp3) is 0.235. The maximum atomic E-state index is 12.4. The fourth-order valence-electron chi connectivity index (χ4n) is 2.10. The first-order valence-corrected chi connectivity index (χ1v) is 7.50. The first kappa shape index (κ1) is 13.4. The Balaban J connectivity index is 1.81. The normalized spacial score (nSPS) is 14.1. The van der Waals surface area contributed by atoms with Gasteiger partial charge in [0.15, 0.2) is 5.78 Å². The monoisotopic (exact) mass is 330 g/mol. The molecule has 2 aromatic carbocycles. The number of ketones is 1. The SMILES string of the molecule is Cc1cc(Br)cc(C(=O)c2ccc(OC3CC3)cc2)c1. The molecule has 0 heterocycles. The average molecular weight is 331 g/mol. The molecule has 1 aliphatic carbocycles. The minimum absolute atomic E-state index is 0.0346. The third-order valence-corrected chi connectivity index (χ3v) is 3.71. The Morgan fingerprint density at radius 3 is 2.40 bits per heavy atom. The van der Waals surface area contributed by atoms with E-state index in [4.69, 9.17) is 4.74 Å². The number of ether oxygens (including phenoxy) is 1. The van der Waals surface area contributed by atoms with Crippen LogP contribution in [0.15, 0.2) is 46.9 Å². The number of aryl methyl sites for hydroxylation is 1. The lowest BCUT2D eigenvalue weighted by molar-refractivity contribution is 0.103. The maximum absolute atomic E-state index is 12.4. The van der Waals surface area contributed by atoms with Crippen LogP contribution in [0, 0.1) is 6.92 Å². The minimum atomic E-state index is 0.0346. The van der Waals surface area contributed by atoms with Crippen LogP contribution in [-0.4, -0.2) is 11.9 Å². The zero-order valence-electron chi connectivity index (χ0n) is 11.2. The van der Waals surface area contributed by atoms with Crippen LogP contribution >= 0.6 is 15.9 Å². The molecule has 3 heteroatoms. The van der Waals surface area contributed by atoms with E-state index in [-0.39, 0.29) is 5.78 Å². The molecule has 2 aromatic rings. The van der Waals surface area contributed by atoms with E-state index in [9.17, 15) is 4.79 Å². The number of halogens is 1. The Kier molecular flexibility index (Phi) is 3.62. The number of rotatable bonds is 4. The summed E-state index contributed by atoms with van der Waals surface area (Å²) >= 11 is 3.43.